The van der Waals surface area contributed by atoms with Gasteiger partial charge in [-0.2, -0.15) is 5.06 Å². The van der Waals surface area contributed by atoms with E-state index in [0.29, 0.717) is 16.1 Å². The highest BCUT2D eigenvalue weighted by Crippen LogP contribution is 2.41. The Balaban J connectivity index is 1.93. The van der Waals surface area contributed by atoms with Crippen LogP contribution in [0.2, 0.25) is 10.0 Å². The first-order chi connectivity index (χ1) is 12.4. The molecule has 0 spiro atoms. The van der Waals surface area contributed by atoms with Gasteiger partial charge in [-0.1, -0.05) is 29.3 Å². The predicted octanol–water partition coefficient (Wildman–Crippen LogP) is 6.62. The minimum Gasteiger partial charge on any atom is -0.384 e. The molecule has 0 saturated carbocycles. The van der Waals surface area contributed by atoms with Crippen molar-refractivity contribution in [2.24, 2.45) is 0 Å². The van der Waals surface area contributed by atoms with E-state index in [2.05, 4.69) is 49.9 Å². The number of allylic oxidation sites excluding steroid dienone is 1. The van der Waals surface area contributed by atoms with E-state index in [9.17, 15) is 0 Å². The first kappa shape index (κ1) is 18.9. The van der Waals surface area contributed by atoms with Crippen LogP contribution in [0.15, 0.2) is 54.3 Å². The molecule has 3 rings (SSSR count). The van der Waals surface area contributed by atoms with E-state index in [0.717, 1.165) is 23.6 Å². The lowest BCUT2D eigenvalue weighted by Gasteiger charge is -2.29. The molecule has 2 aromatic rings. The summed E-state index contributed by atoms with van der Waals surface area (Å²) in [7, 11) is 0. The van der Waals surface area contributed by atoms with Gasteiger partial charge in [-0.3, -0.25) is 0 Å². The first-order valence-electron chi connectivity index (χ1n) is 8.88. The number of halogens is 2. The Morgan fingerprint density at radius 1 is 1.08 bits per heavy atom. The average molecular weight is 391 g/mol. The van der Waals surface area contributed by atoms with Crippen molar-refractivity contribution in [3.63, 3.8) is 0 Å². The lowest BCUT2D eigenvalue weighted by atomic mass is 10.1. The molecule has 1 aliphatic heterocycles. The van der Waals surface area contributed by atoms with Gasteiger partial charge in [0.25, 0.3) is 0 Å². The molecule has 0 aliphatic carbocycles. The lowest BCUT2D eigenvalue weighted by Crippen LogP contribution is -2.30. The molecule has 0 radical (unpaired) electrons. The van der Waals surface area contributed by atoms with Crippen LogP contribution in [0.3, 0.4) is 0 Å². The van der Waals surface area contributed by atoms with Gasteiger partial charge in [0.05, 0.1) is 5.69 Å². The second-order valence-electron chi connectivity index (χ2n) is 6.67. The lowest BCUT2D eigenvalue weighted by molar-refractivity contribution is 0.196. The van der Waals surface area contributed by atoms with Crippen molar-refractivity contribution < 1.29 is 4.84 Å². The molecule has 1 unspecified atom stereocenters. The first-order valence-corrected chi connectivity index (χ1v) is 9.64. The summed E-state index contributed by atoms with van der Waals surface area (Å²) in [5.74, 6) is 0.826. The van der Waals surface area contributed by atoms with Crippen molar-refractivity contribution in [2.45, 2.75) is 39.8 Å². The Morgan fingerprint density at radius 2 is 1.69 bits per heavy atom. The van der Waals surface area contributed by atoms with Crippen LogP contribution < -0.4 is 9.96 Å². The van der Waals surface area contributed by atoms with Crippen LogP contribution >= 0.6 is 23.2 Å². The van der Waals surface area contributed by atoms with Gasteiger partial charge < -0.3 is 9.74 Å². The van der Waals surface area contributed by atoms with Crippen LogP contribution in [0.5, 0.6) is 0 Å². The van der Waals surface area contributed by atoms with Gasteiger partial charge in [-0.25, -0.2) is 0 Å². The number of nitrogens with zero attached hydrogens (tertiary/aromatic N) is 2. The second kappa shape index (κ2) is 7.81. The van der Waals surface area contributed by atoms with Gasteiger partial charge >= 0.3 is 0 Å². The standard InChI is InChI=1S/C21H24Cl2N2O/c1-5-24(14(2)3)16-9-11-17(12-10-16)25-20(13-15(4)26-25)21-18(22)7-6-8-19(21)23/h6-14,20H,5H2,1-4H3. The van der Waals surface area contributed by atoms with E-state index in [4.69, 9.17) is 28.0 Å². The molecule has 0 N–H and O–H groups in total. The number of rotatable bonds is 5. The van der Waals surface area contributed by atoms with Gasteiger partial charge in [0.1, 0.15) is 11.8 Å². The van der Waals surface area contributed by atoms with Crippen LogP contribution in [-0.2, 0) is 4.84 Å². The van der Waals surface area contributed by atoms with Gasteiger partial charge in [0, 0.05) is 33.9 Å². The summed E-state index contributed by atoms with van der Waals surface area (Å²) in [6.45, 7) is 9.47. The third-order valence-electron chi connectivity index (χ3n) is 4.58. The predicted molar refractivity (Wildman–Crippen MR) is 111 cm³/mol. The molecule has 26 heavy (non-hydrogen) atoms. The number of hydrogen-bond acceptors (Lipinski definition) is 3. The molecule has 1 atom stereocenters. The quantitative estimate of drug-likeness (QED) is 0.569. The fraction of sp³-hybridized carbons (Fsp3) is 0.333. The highest BCUT2D eigenvalue weighted by molar-refractivity contribution is 6.36. The molecule has 0 aromatic heterocycles. The van der Waals surface area contributed by atoms with E-state index in [1.54, 1.807) is 0 Å². The summed E-state index contributed by atoms with van der Waals surface area (Å²) in [5, 5.41) is 3.13. The maximum Gasteiger partial charge on any atom is 0.127 e. The van der Waals surface area contributed by atoms with E-state index in [1.165, 1.54) is 5.69 Å². The van der Waals surface area contributed by atoms with E-state index in [-0.39, 0.29) is 6.04 Å². The zero-order chi connectivity index (χ0) is 18.8. The van der Waals surface area contributed by atoms with Gasteiger partial charge in [0.15, 0.2) is 0 Å². The Morgan fingerprint density at radius 3 is 2.23 bits per heavy atom. The summed E-state index contributed by atoms with van der Waals surface area (Å²) in [6, 6.07) is 14.3. The maximum absolute atomic E-state index is 6.43. The molecule has 3 nitrogen and oxygen atoms in total. The fourth-order valence-electron chi connectivity index (χ4n) is 3.38. The van der Waals surface area contributed by atoms with Crippen molar-refractivity contribution in [2.75, 3.05) is 16.5 Å². The smallest absolute Gasteiger partial charge is 0.127 e. The Kier molecular flexibility index (Phi) is 5.69. The Hall–Kier alpha value is -1.84. The summed E-state index contributed by atoms with van der Waals surface area (Å²) >= 11 is 12.9. The highest BCUT2D eigenvalue weighted by Gasteiger charge is 2.30. The highest BCUT2D eigenvalue weighted by atomic mass is 35.5. The van der Waals surface area contributed by atoms with Crippen molar-refractivity contribution in [1.29, 1.82) is 0 Å². The third-order valence-corrected chi connectivity index (χ3v) is 5.24. The normalized spacial score (nSPS) is 16.7. The van der Waals surface area contributed by atoms with Crippen LogP contribution in [0, 0.1) is 0 Å². The molecule has 5 heteroatoms. The van der Waals surface area contributed by atoms with Crippen molar-refractivity contribution in [3.8, 4) is 0 Å². The second-order valence-corrected chi connectivity index (χ2v) is 7.49. The van der Waals surface area contributed by atoms with Crippen LogP contribution in [-0.4, -0.2) is 12.6 Å². The molecular weight excluding hydrogens is 367 g/mol. The van der Waals surface area contributed by atoms with Crippen molar-refractivity contribution in [1.82, 2.24) is 0 Å². The molecule has 138 valence electrons. The molecule has 0 saturated heterocycles. The average Bonchev–Trinajstić information content (AvgIpc) is 2.97. The van der Waals surface area contributed by atoms with E-state index in [1.807, 2.05) is 36.3 Å². The molecule has 0 bridgehead atoms. The fourth-order valence-corrected chi connectivity index (χ4v) is 4.00. The maximum atomic E-state index is 6.43. The zero-order valence-corrected chi connectivity index (χ0v) is 17.1. The minimum absolute atomic E-state index is 0.158. The molecular formula is C21H24Cl2N2O. The van der Waals surface area contributed by atoms with Gasteiger partial charge in [0.2, 0.25) is 0 Å². The molecule has 1 aliphatic rings. The topological polar surface area (TPSA) is 15.7 Å². The summed E-state index contributed by atoms with van der Waals surface area (Å²) in [6.07, 6.45) is 2.04. The van der Waals surface area contributed by atoms with Crippen LogP contribution in [0.4, 0.5) is 11.4 Å². The van der Waals surface area contributed by atoms with Crippen molar-refractivity contribution in [3.05, 3.63) is 69.9 Å². The van der Waals surface area contributed by atoms with E-state index < -0.39 is 0 Å². The summed E-state index contributed by atoms with van der Waals surface area (Å²) < 4.78 is 0. The number of hydrogen-bond donors (Lipinski definition) is 0. The minimum atomic E-state index is -0.158. The third kappa shape index (κ3) is 3.65. The zero-order valence-electron chi connectivity index (χ0n) is 15.5. The molecule has 1 heterocycles. The number of anilines is 2. The molecule has 2 aromatic carbocycles. The number of benzene rings is 2. The largest absolute Gasteiger partial charge is 0.384 e. The molecule has 0 amide bonds. The Labute approximate surface area is 165 Å². The monoisotopic (exact) mass is 390 g/mol. The van der Waals surface area contributed by atoms with Crippen molar-refractivity contribution >= 4 is 34.6 Å². The van der Waals surface area contributed by atoms with Crippen LogP contribution in [0.25, 0.3) is 0 Å². The van der Waals surface area contributed by atoms with Crippen LogP contribution in [0.1, 0.15) is 39.3 Å². The molecule has 0 fully saturated rings. The van der Waals surface area contributed by atoms with Gasteiger partial charge in [-0.05, 0) is 70.2 Å². The van der Waals surface area contributed by atoms with E-state index >= 15 is 0 Å². The van der Waals surface area contributed by atoms with Gasteiger partial charge in [-0.15, -0.1) is 0 Å². The number of hydroxylamine groups is 1. The summed E-state index contributed by atoms with van der Waals surface area (Å²) in [5.41, 5.74) is 3.01. The Bertz CT molecular complexity index is 782. The SMILES string of the molecule is CCN(c1ccc(N2OC(C)=CC2c2c(Cl)cccc2Cl)cc1)C(C)C. The summed E-state index contributed by atoms with van der Waals surface area (Å²) in [4.78, 5) is 8.31.